The van der Waals surface area contributed by atoms with E-state index in [0.29, 0.717) is 28.2 Å². The average molecular weight is 376 g/mol. The van der Waals surface area contributed by atoms with Gasteiger partial charge in [0, 0.05) is 17.3 Å². The van der Waals surface area contributed by atoms with Crippen LogP contribution in [-0.2, 0) is 0 Å². The molecule has 0 saturated heterocycles. The Balaban J connectivity index is 2.08. The quantitative estimate of drug-likeness (QED) is 0.535. The van der Waals surface area contributed by atoms with E-state index in [1.165, 1.54) is 10.6 Å². The van der Waals surface area contributed by atoms with Crippen LogP contribution < -0.4 is 15.0 Å². The van der Waals surface area contributed by atoms with Crippen LogP contribution in [0.3, 0.4) is 0 Å². The summed E-state index contributed by atoms with van der Waals surface area (Å²) in [7, 11) is 3.13. The van der Waals surface area contributed by atoms with Gasteiger partial charge in [0.2, 0.25) is 0 Å². The van der Waals surface area contributed by atoms with Crippen molar-refractivity contribution in [2.75, 3.05) is 14.2 Å². The van der Waals surface area contributed by atoms with E-state index in [1.54, 1.807) is 74.9 Å². The van der Waals surface area contributed by atoms with E-state index >= 15 is 0 Å². The van der Waals surface area contributed by atoms with Crippen molar-refractivity contribution in [1.29, 1.82) is 0 Å². The highest BCUT2D eigenvalue weighted by Gasteiger charge is 2.17. The minimum absolute atomic E-state index is 0.0478. The fourth-order valence-corrected chi connectivity index (χ4v) is 3.10. The molecule has 0 N–H and O–H groups in total. The monoisotopic (exact) mass is 376 g/mol. The van der Waals surface area contributed by atoms with Crippen LogP contribution in [0.2, 0.25) is 0 Å². The molecular formula is C22H17FN2O3. The number of hydrogen-bond donors (Lipinski definition) is 0. The van der Waals surface area contributed by atoms with Crippen molar-refractivity contribution in [3.63, 3.8) is 0 Å². The summed E-state index contributed by atoms with van der Waals surface area (Å²) in [6.07, 6.45) is 0. The average Bonchev–Trinajstić information content (AvgIpc) is 2.73. The van der Waals surface area contributed by atoms with Gasteiger partial charge in [-0.2, -0.15) is 0 Å². The molecule has 0 saturated carbocycles. The molecule has 0 spiro atoms. The molecule has 1 heterocycles. The third kappa shape index (κ3) is 2.99. The number of rotatable bonds is 4. The maximum atomic E-state index is 14.4. The molecule has 0 bridgehead atoms. The number of halogens is 1. The molecule has 0 fully saturated rings. The lowest BCUT2D eigenvalue weighted by Crippen LogP contribution is -2.22. The van der Waals surface area contributed by atoms with E-state index in [1.807, 2.05) is 0 Å². The first kappa shape index (κ1) is 17.7. The lowest BCUT2D eigenvalue weighted by Gasteiger charge is -2.14. The molecule has 0 amide bonds. The molecule has 0 aliphatic carbocycles. The first-order valence-electron chi connectivity index (χ1n) is 8.62. The largest absolute Gasteiger partial charge is 0.497 e. The van der Waals surface area contributed by atoms with Gasteiger partial charge >= 0.3 is 0 Å². The maximum Gasteiger partial charge on any atom is 0.282 e. The molecule has 1 aromatic heterocycles. The summed E-state index contributed by atoms with van der Waals surface area (Å²) in [5.74, 6) is 0.762. The van der Waals surface area contributed by atoms with Gasteiger partial charge in [0.1, 0.15) is 23.0 Å². The fourth-order valence-electron chi connectivity index (χ4n) is 3.10. The first-order valence-corrected chi connectivity index (χ1v) is 8.62. The van der Waals surface area contributed by atoms with Crippen molar-refractivity contribution in [3.05, 3.63) is 82.9 Å². The van der Waals surface area contributed by atoms with Gasteiger partial charge in [-0.05, 0) is 48.5 Å². The van der Waals surface area contributed by atoms with E-state index in [2.05, 4.69) is 4.98 Å². The lowest BCUT2D eigenvalue weighted by atomic mass is 10.1. The molecule has 0 radical (unpaired) electrons. The molecule has 28 heavy (non-hydrogen) atoms. The van der Waals surface area contributed by atoms with Crippen LogP contribution in [0.5, 0.6) is 11.5 Å². The van der Waals surface area contributed by atoms with Crippen LogP contribution in [0.15, 0.2) is 71.5 Å². The van der Waals surface area contributed by atoms with E-state index < -0.39 is 11.4 Å². The zero-order chi connectivity index (χ0) is 19.7. The van der Waals surface area contributed by atoms with Crippen molar-refractivity contribution in [3.8, 4) is 28.4 Å². The van der Waals surface area contributed by atoms with E-state index in [9.17, 15) is 9.18 Å². The Morgan fingerprint density at radius 3 is 2.25 bits per heavy atom. The Bertz CT molecular complexity index is 1220. The van der Waals surface area contributed by atoms with Gasteiger partial charge in [-0.25, -0.2) is 9.37 Å². The van der Waals surface area contributed by atoms with E-state index in [-0.39, 0.29) is 11.3 Å². The van der Waals surface area contributed by atoms with Gasteiger partial charge < -0.3 is 9.47 Å². The number of benzene rings is 3. The number of ether oxygens (including phenoxy) is 2. The third-order valence-corrected chi connectivity index (χ3v) is 4.52. The van der Waals surface area contributed by atoms with Gasteiger partial charge in [-0.15, -0.1) is 0 Å². The second-order valence-electron chi connectivity index (χ2n) is 6.13. The standard InChI is InChI=1S/C22H17FN2O3/c1-27-15-9-7-14(8-10-15)25-20-13-16(28-2)11-12-19(20)24-21(22(25)26)17-5-3-4-6-18(17)23/h3-13H,1-2H3. The van der Waals surface area contributed by atoms with E-state index in [4.69, 9.17) is 9.47 Å². The Kier molecular flexibility index (Phi) is 4.53. The second-order valence-corrected chi connectivity index (χ2v) is 6.13. The number of hydrogen-bond acceptors (Lipinski definition) is 4. The van der Waals surface area contributed by atoms with Crippen molar-refractivity contribution in [2.24, 2.45) is 0 Å². The Morgan fingerprint density at radius 1 is 0.893 bits per heavy atom. The molecule has 4 aromatic rings. The summed E-state index contributed by atoms with van der Waals surface area (Å²) in [5.41, 5.74) is 1.52. The Labute approximate surface area is 160 Å². The summed E-state index contributed by atoms with van der Waals surface area (Å²) < 4.78 is 26.4. The molecular weight excluding hydrogens is 359 g/mol. The highest BCUT2D eigenvalue weighted by molar-refractivity contribution is 5.81. The van der Waals surface area contributed by atoms with Crippen molar-refractivity contribution in [2.45, 2.75) is 0 Å². The smallest absolute Gasteiger partial charge is 0.282 e. The molecule has 3 aromatic carbocycles. The van der Waals surface area contributed by atoms with E-state index in [0.717, 1.165) is 0 Å². The van der Waals surface area contributed by atoms with Crippen LogP contribution >= 0.6 is 0 Å². The minimum atomic E-state index is -0.499. The topological polar surface area (TPSA) is 53.4 Å². The number of nitrogens with zero attached hydrogens (tertiary/aromatic N) is 2. The lowest BCUT2D eigenvalue weighted by molar-refractivity contribution is 0.414. The summed E-state index contributed by atoms with van der Waals surface area (Å²) in [6.45, 7) is 0. The SMILES string of the molecule is COc1ccc(-n2c(=O)c(-c3ccccc3F)nc3ccc(OC)cc32)cc1. The van der Waals surface area contributed by atoms with Crippen molar-refractivity contribution in [1.82, 2.24) is 9.55 Å². The van der Waals surface area contributed by atoms with Crippen LogP contribution in [0.1, 0.15) is 0 Å². The van der Waals surface area contributed by atoms with Gasteiger partial charge in [0.25, 0.3) is 5.56 Å². The van der Waals surface area contributed by atoms with Gasteiger partial charge in [-0.3, -0.25) is 9.36 Å². The Hall–Kier alpha value is -3.67. The highest BCUT2D eigenvalue weighted by Crippen LogP contribution is 2.26. The molecule has 140 valence electrons. The molecule has 0 atom stereocenters. The normalized spacial score (nSPS) is 10.8. The highest BCUT2D eigenvalue weighted by atomic mass is 19.1. The number of aromatic nitrogens is 2. The predicted molar refractivity (Wildman–Crippen MR) is 106 cm³/mol. The van der Waals surface area contributed by atoms with Crippen LogP contribution in [-0.4, -0.2) is 23.8 Å². The number of fused-ring (bicyclic) bond motifs is 1. The predicted octanol–water partition coefficient (Wildman–Crippen LogP) is 4.21. The number of methoxy groups -OCH3 is 2. The first-order chi connectivity index (χ1) is 13.6. The van der Waals surface area contributed by atoms with Crippen LogP contribution in [0.4, 0.5) is 4.39 Å². The maximum absolute atomic E-state index is 14.4. The van der Waals surface area contributed by atoms with Gasteiger partial charge in [0.15, 0.2) is 0 Å². The molecule has 5 nitrogen and oxygen atoms in total. The van der Waals surface area contributed by atoms with Crippen LogP contribution in [0, 0.1) is 5.82 Å². The third-order valence-electron chi connectivity index (χ3n) is 4.52. The zero-order valence-corrected chi connectivity index (χ0v) is 15.3. The molecule has 0 unspecified atom stereocenters. The van der Waals surface area contributed by atoms with Crippen molar-refractivity contribution < 1.29 is 13.9 Å². The summed E-state index contributed by atoms with van der Waals surface area (Å²) in [4.78, 5) is 17.8. The summed E-state index contributed by atoms with van der Waals surface area (Å²) >= 11 is 0. The fraction of sp³-hybridized carbons (Fsp3) is 0.0909. The van der Waals surface area contributed by atoms with Gasteiger partial charge in [0.05, 0.1) is 25.3 Å². The summed E-state index contributed by atoms with van der Waals surface area (Å²) in [5, 5.41) is 0. The van der Waals surface area contributed by atoms with Gasteiger partial charge in [-0.1, -0.05) is 12.1 Å². The molecule has 0 aliphatic heterocycles. The zero-order valence-electron chi connectivity index (χ0n) is 15.3. The van der Waals surface area contributed by atoms with Crippen molar-refractivity contribution >= 4 is 11.0 Å². The molecule has 6 heteroatoms. The molecule has 0 aliphatic rings. The Morgan fingerprint density at radius 2 is 1.57 bits per heavy atom. The van der Waals surface area contributed by atoms with Crippen LogP contribution in [0.25, 0.3) is 28.0 Å². The second kappa shape index (κ2) is 7.15. The summed E-state index contributed by atoms with van der Waals surface area (Å²) in [6, 6.07) is 18.4. The molecule has 4 rings (SSSR count). The minimum Gasteiger partial charge on any atom is -0.497 e.